The van der Waals surface area contributed by atoms with Crippen molar-refractivity contribution in [3.63, 3.8) is 0 Å². The highest BCUT2D eigenvalue weighted by Gasteiger charge is 2.30. The average Bonchev–Trinajstić information content (AvgIpc) is 2.94. The summed E-state index contributed by atoms with van der Waals surface area (Å²) in [5.74, 6) is 4.73. The van der Waals surface area contributed by atoms with Crippen molar-refractivity contribution in [2.75, 3.05) is 18.1 Å². The van der Waals surface area contributed by atoms with Crippen LogP contribution in [-0.4, -0.2) is 33.4 Å². The molecule has 1 saturated heterocycles. The van der Waals surface area contributed by atoms with E-state index in [2.05, 4.69) is 24.0 Å². The fourth-order valence-electron chi connectivity index (χ4n) is 2.43. The van der Waals surface area contributed by atoms with Crippen LogP contribution in [0.3, 0.4) is 0 Å². The Hall–Kier alpha value is -0.200. The molecule has 1 aliphatic rings. The normalized spacial score (nSPS) is 24.8. The molecule has 0 radical (unpaired) electrons. The van der Waals surface area contributed by atoms with Gasteiger partial charge in [-0.05, 0) is 31.7 Å². The molecule has 2 rings (SSSR count). The van der Waals surface area contributed by atoms with Gasteiger partial charge in [0.2, 0.25) is 5.89 Å². The molecule has 3 atom stereocenters. The molecule has 20 heavy (non-hydrogen) atoms. The molecule has 2 N–H and O–H groups in total. The molecule has 0 spiro atoms. The summed E-state index contributed by atoms with van der Waals surface area (Å²) in [5.41, 5.74) is 5.57. The van der Waals surface area contributed by atoms with E-state index in [1.165, 1.54) is 17.9 Å². The zero-order valence-corrected chi connectivity index (χ0v) is 14.0. The lowest BCUT2D eigenvalue weighted by molar-refractivity contribution is 0.357. The molecule has 2 heterocycles. The van der Waals surface area contributed by atoms with Gasteiger partial charge in [-0.3, -0.25) is 0 Å². The van der Waals surface area contributed by atoms with Crippen molar-refractivity contribution in [2.45, 2.75) is 50.0 Å². The van der Waals surface area contributed by atoms with Crippen molar-refractivity contribution >= 4 is 23.5 Å². The molecular formula is C14H25N3OS2. The molecule has 114 valence electrons. The predicted octanol–water partition coefficient (Wildman–Crippen LogP) is 3.29. The molecular weight excluding hydrogens is 290 g/mol. The first kappa shape index (κ1) is 16.2. The van der Waals surface area contributed by atoms with E-state index in [1.54, 1.807) is 0 Å². The number of aromatic nitrogens is 2. The van der Waals surface area contributed by atoms with E-state index in [0.29, 0.717) is 16.4 Å². The summed E-state index contributed by atoms with van der Waals surface area (Å²) in [7, 11) is 0. The van der Waals surface area contributed by atoms with Gasteiger partial charge in [0, 0.05) is 23.2 Å². The highest BCUT2D eigenvalue weighted by Crippen LogP contribution is 2.42. The topological polar surface area (TPSA) is 64.9 Å². The van der Waals surface area contributed by atoms with Gasteiger partial charge in [0.15, 0.2) is 5.82 Å². The molecule has 1 fully saturated rings. The predicted molar refractivity (Wildman–Crippen MR) is 87.2 cm³/mol. The molecule has 1 aliphatic heterocycles. The molecule has 6 heteroatoms. The Morgan fingerprint density at radius 2 is 2.15 bits per heavy atom. The van der Waals surface area contributed by atoms with Gasteiger partial charge in [0.05, 0.1) is 5.25 Å². The molecule has 4 nitrogen and oxygen atoms in total. The van der Waals surface area contributed by atoms with Crippen LogP contribution >= 0.6 is 23.5 Å². The third-order valence-corrected chi connectivity index (χ3v) is 6.94. The van der Waals surface area contributed by atoms with Crippen molar-refractivity contribution in [1.82, 2.24) is 10.1 Å². The highest BCUT2D eigenvalue weighted by atomic mass is 32.2. The number of thioether (sulfide) groups is 2. The zero-order chi connectivity index (χ0) is 14.4. The van der Waals surface area contributed by atoms with Crippen LogP contribution in [0.5, 0.6) is 0 Å². The van der Waals surface area contributed by atoms with E-state index < -0.39 is 0 Å². The summed E-state index contributed by atoms with van der Waals surface area (Å²) >= 11 is 4.02. The van der Waals surface area contributed by atoms with Crippen LogP contribution in [-0.2, 0) is 6.42 Å². The highest BCUT2D eigenvalue weighted by molar-refractivity contribution is 8.06. The molecule has 3 unspecified atom stereocenters. The lowest BCUT2D eigenvalue weighted by Crippen LogP contribution is -2.19. The molecule has 1 aromatic heterocycles. The van der Waals surface area contributed by atoms with Crippen LogP contribution in [0.4, 0.5) is 0 Å². The minimum absolute atomic E-state index is 0.401. The second-order valence-corrected chi connectivity index (χ2v) is 7.97. The average molecular weight is 316 g/mol. The smallest absolute Gasteiger partial charge is 0.226 e. The van der Waals surface area contributed by atoms with E-state index >= 15 is 0 Å². The fourth-order valence-corrected chi connectivity index (χ4v) is 5.41. The number of hydrogen-bond donors (Lipinski definition) is 1. The Labute approximate surface area is 130 Å². The van der Waals surface area contributed by atoms with Gasteiger partial charge in [-0.15, -0.1) is 11.8 Å². The maximum atomic E-state index is 5.57. The van der Waals surface area contributed by atoms with Crippen molar-refractivity contribution in [2.24, 2.45) is 11.7 Å². The Kier molecular flexibility index (Phi) is 6.71. The van der Waals surface area contributed by atoms with Crippen LogP contribution < -0.4 is 5.73 Å². The molecule has 0 bridgehead atoms. The Bertz CT molecular complexity index is 400. The SMILES string of the molecule is CCC1SCCSC1c1noc(CCC(C)CCN)n1. The summed E-state index contributed by atoms with van der Waals surface area (Å²) < 4.78 is 5.42. The quantitative estimate of drug-likeness (QED) is 0.833. The van der Waals surface area contributed by atoms with Gasteiger partial charge in [0.25, 0.3) is 0 Å². The molecule has 0 saturated carbocycles. The first-order valence-electron chi connectivity index (χ1n) is 7.50. The van der Waals surface area contributed by atoms with Crippen molar-refractivity contribution in [3.05, 3.63) is 11.7 Å². The minimum atomic E-state index is 0.401. The van der Waals surface area contributed by atoms with E-state index in [0.717, 1.165) is 37.5 Å². The van der Waals surface area contributed by atoms with Crippen LogP contribution in [0.25, 0.3) is 0 Å². The Balaban J connectivity index is 1.90. The maximum Gasteiger partial charge on any atom is 0.226 e. The standard InChI is InChI=1S/C14H25N3OS2/c1-3-11-13(20-9-8-19-11)14-16-12(18-17-14)5-4-10(2)6-7-15/h10-11,13H,3-9,15H2,1-2H3. The second-order valence-electron chi connectivity index (χ2n) is 5.38. The van der Waals surface area contributed by atoms with Gasteiger partial charge in [-0.2, -0.15) is 16.7 Å². The number of hydrogen-bond acceptors (Lipinski definition) is 6. The molecule has 0 aromatic carbocycles. The second kappa shape index (κ2) is 8.29. The fraction of sp³-hybridized carbons (Fsp3) is 0.857. The Morgan fingerprint density at radius 1 is 1.35 bits per heavy atom. The van der Waals surface area contributed by atoms with Crippen LogP contribution in [0.1, 0.15) is 50.1 Å². The Morgan fingerprint density at radius 3 is 2.90 bits per heavy atom. The molecule has 1 aromatic rings. The number of aryl methyl sites for hydroxylation is 1. The third-order valence-electron chi connectivity index (χ3n) is 3.70. The van der Waals surface area contributed by atoms with Crippen LogP contribution in [0.2, 0.25) is 0 Å². The largest absolute Gasteiger partial charge is 0.339 e. The van der Waals surface area contributed by atoms with Crippen molar-refractivity contribution in [3.8, 4) is 0 Å². The summed E-state index contributed by atoms with van der Waals surface area (Å²) in [4.78, 5) is 4.62. The molecule has 0 amide bonds. The summed E-state index contributed by atoms with van der Waals surface area (Å²) in [6.45, 7) is 5.22. The summed E-state index contributed by atoms with van der Waals surface area (Å²) in [6, 6.07) is 0. The number of nitrogens with zero attached hydrogens (tertiary/aromatic N) is 2. The van der Waals surface area contributed by atoms with Crippen LogP contribution in [0, 0.1) is 5.92 Å². The lowest BCUT2D eigenvalue weighted by atomic mass is 10.0. The summed E-state index contributed by atoms with van der Waals surface area (Å²) in [5, 5.41) is 5.24. The van der Waals surface area contributed by atoms with Gasteiger partial charge >= 0.3 is 0 Å². The van der Waals surface area contributed by atoms with Gasteiger partial charge in [0.1, 0.15) is 0 Å². The number of rotatable bonds is 7. The third kappa shape index (κ3) is 4.40. The zero-order valence-electron chi connectivity index (χ0n) is 12.4. The van der Waals surface area contributed by atoms with E-state index in [-0.39, 0.29) is 0 Å². The minimum Gasteiger partial charge on any atom is -0.339 e. The molecule has 0 aliphatic carbocycles. The summed E-state index contributed by atoms with van der Waals surface area (Å²) in [6.07, 6.45) is 4.17. The lowest BCUT2D eigenvalue weighted by Gasteiger charge is -2.27. The van der Waals surface area contributed by atoms with Crippen molar-refractivity contribution < 1.29 is 4.52 Å². The monoisotopic (exact) mass is 315 g/mol. The van der Waals surface area contributed by atoms with Crippen LogP contribution in [0.15, 0.2) is 4.52 Å². The maximum absolute atomic E-state index is 5.57. The van der Waals surface area contributed by atoms with E-state index in [4.69, 9.17) is 10.3 Å². The first-order valence-corrected chi connectivity index (χ1v) is 9.60. The van der Waals surface area contributed by atoms with Gasteiger partial charge < -0.3 is 10.3 Å². The number of nitrogens with two attached hydrogens (primary N) is 1. The van der Waals surface area contributed by atoms with Gasteiger partial charge in [-0.1, -0.05) is 19.0 Å². The van der Waals surface area contributed by atoms with E-state index in [1.807, 2.05) is 23.5 Å². The van der Waals surface area contributed by atoms with Gasteiger partial charge in [-0.25, -0.2) is 0 Å². The van der Waals surface area contributed by atoms with Crippen molar-refractivity contribution in [1.29, 1.82) is 0 Å². The van der Waals surface area contributed by atoms with E-state index in [9.17, 15) is 0 Å². The first-order chi connectivity index (χ1) is 9.74.